The van der Waals surface area contributed by atoms with Gasteiger partial charge in [-0.25, -0.2) is 0 Å². The van der Waals surface area contributed by atoms with Gasteiger partial charge in [-0.3, -0.25) is 0 Å². The van der Waals surface area contributed by atoms with Gasteiger partial charge in [0.25, 0.3) is 0 Å². The molecule has 0 aromatic carbocycles. The van der Waals surface area contributed by atoms with Gasteiger partial charge in [0, 0.05) is 0 Å². The minimum Gasteiger partial charge on any atom is -0.811 e. The number of hydrogen-bond acceptors (Lipinski definition) is 3. The molecule has 0 radical (unpaired) electrons. The molecule has 0 saturated heterocycles. The zero-order valence-corrected chi connectivity index (χ0v) is 23.0. The third-order valence-corrected chi connectivity index (χ3v) is 1.06. The molecule has 0 bridgehead atoms. The molecule has 0 saturated carbocycles. The van der Waals surface area contributed by atoms with Crippen LogP contribution in [-0.4, -0.2) is 6.16 Å². The van der Waals surface area contributed by atoms with Crippen LogP contribution in [0.15, 0.2) is 12.7 Å². The van der Waals surface area contributed by atoms with Crippen molar-refractivity contribution in [3.05, 3.63) is 12.7 Å². The maximum atomic E-state index is 9.63. The van der Waals surface area contributed by atoms with Crippen molar-refractivity contribution in [1.29, 1.82) is 0 Å². The average Bonchev–Trinajstić information content (AvgIpc) is 1.30. The van der Waals surface area contributed by atoms with Gasteiger partial charge in [0.05, 0.1) is 0 Å². The van der Waals surface area contributed by atoms with Gasteiger partial charge in [-0.1, -0.05) is 13.7 Å². The van der Waals surface area contributed by atoms with Gasteiger partial charge >= 0.3 is 99.7 Å². The van der Waals surface area contributed by atoms with Crippen LogP contribution in [0.3, 0.4) is 0 Å². The molecule has 0 N–H and O–H groups in total. The zero-order chi connectivity index (χ0) is 5.91. The summed E-state index contributed by atoms with van der Waals surface area (Å²) >= 11 is 0. The first-order valence-corrected chi connectivity index (χ1v) is 3.41. The summed E-state index contributed by atoms with van der Waals surface area (Å²) in [6.07, 6.45) is 0.619. The minimum atomic E-state index is -4.28. The molecule has 6 heteroatoms. The van der Waals surface area contributed by atoms with E-state index in [2.05, 4.69) is 6.58 Å². The predicted molar refractivity (Wildman–Crippen MR) is 22.7 cm³/mol. The van der Waals surface area contributed by atoms with E-state index in [0.717, 1.165) is 6.08 Å². The summed E-state index contributed by atoms with van der Waals surface area (Å²) in [6.45, 7) is 3.07. The molecule has 0 rings (SSSR count). The van der Waals surface area contributed by atoms with Gasteiger partial charge in [0.15, 0.2) is 0 Å². The minimum absolute atomic E-state index is 0. The van der Waals surface area contributed by atoms with Crippen LogP contribution in [0, 0.1) is 99.7 Å². The topological polar surface area (TPSA) is 63.2 Å². The Hall–Kier alpha value is 3.08. The molecule has 3 nitrogen and oxygen atoms in total. The van der Waals surface area contributed by atoms with Crippen molar-refractivity contribution in [3.63, 3.8) is 0 Å². The van der Waals surface area contributed by atoms with Crippen molar-refractivity contribution in [2.75, 3.05) is 6.16 Å². The van der Waals surface area contributed by atoms with Crippen molar-refractivity contribution in [1.82, 2.24) is 0 Å². The van der Waals surface area contributed by atoms with Crippen LogP contribution >= 0.6 is 7.60 Å². The summed E-state index contributed by atoms with van der Waals surface area (Å²) in [5, 5.41) is 0. The van der Waals surface area contributed by atoms with Crippen LogP contribution in [0.5, 0.6) is 0 Å². The summed E-state index contributed by atoms with van der Waals surface area (Å²) in [5.41, 5.74) is 0. The largest absolute Gasteiger partial charge is 1.00 e. The third-order valence-electron chi connectivity index (χ3n) is 0.353. The van der Waals surface area contributed by atoms with Gasteiger partial charge in [0.2, 0.25) is 0 Å². The van der Waals surface area contributed by atoms with E-state index in [1.54, 1.807) is 0 Å². The van der Waals surface area contributed by atoms with Crippen molar-refractivity contribution in [2.45, 2.75) is 0 Å². The quantitative estimate of drug-likeness (QED) is 0.322. The molecule has 42 valence electrons. The first kappa shape index (κ1) is 18.0. The molecule has 0 aromatic rings. The molecule has 0 atom stereocenters. The zero-order valence-electron chi connectivity index (χ0n) is 5.66. The van der Waals surface area contributed by atoms with Crippen LogP contribution in [0.25, 0.3) is 0 Å². The van der Waals surface area contributed by atoms with E-state index in [-0.39, 0.29) is 99.7 Å². The Morgan fingerprint density at radius 3 is 1.78 bits per heavy atom. The van der Waals surface area contributed by atoms with Crippen LogP contribution in [-0.2, 0) is 4.57 Å². The molecule has 0 amide bonds. The Kier molecular flexibility index (Phi) is 18.3. The molecule has 0 aliphatic heterocycles. The SMILES string of the molecule is C=CCP(=O)([O-])[O-].[Fr+].[Fr+]. The molecule has 0 aliphatic rings. The van der Waals surface area contributed by atoms with Gasteiger partial charge in [0.1, 0.15) is 0 Å². The Morgan fingerprint density at radius 2 is 1.78 bits per heavy atom. The van der Waals surface area contributed by atoms with Gasteiger partial charge in [-0.15, -0.1) is 6.58 Å². The number of rotatable bonds is 2. The van der Waals surface area contributed by atoms with Crippen molar-refractivity contribution in [2.24, 2.45) is 0 Å². The van der Waals surface area contributed by atoms with Crippen LogP contribution in [0.1, 0.15) is 0 Å². The summed E-state index contributed by atoms with van der Waals surface area (Å²) in [4.78, 5) is 19.3. The molecule has 0 unspecified atom stereocenters. The molecule has 0 fully saturated rings. The van der Waals surface area contributed by atoms with Crippen LogP contribution in [0.4, 0.5) is 0 Å². The summed E-state index contributed by atoms with van der Waals surface area (Å²) in [5.74, 6) is 0. The molecule has 0 aliphatic carbocycles. The molecule has 0 heterocycles. The standard InChI is InChI=1S/C3H7O3P.2Fr/c1-2-3-7(4,5)6;;/h2H,1,3H2,(H2,4,5,6);;/q;2*+1/p-2. The molecular formula is C3H5Fr2O3P. The number of hydrogen-bond donors (Lipinski definition) is 0. The van der Waals surface area contributed by atoms with Crippen molar-refractivity contribution < 1.29 is 114 Å². The smallest absolute Gasteiger partial charge is 0.811 e. The Balaban J connectivity index is -0.000000180. The first-order chi connectivity index (χ1) is 3.06. The van der Waals surface area contributed by atoms with Crippen molar-refractivity contribution >= 4 is 7.60 Å². The van der Waals surface area contributed by atoms with E-state index in [0.29, 0.717) is 0 Å². The summed E-state index contributed by atoms with van der Waals surface area (Å²) < 4.78 is 9.63. The third kappa shape index (κ3) is 18.2. The average molecular weight is 566 g/mol. The predicted octanol–water partition coefficient (Wildman–Crippen LogP) is -0.914. The van der Waals surface area contributed by atoms with Gasteiger partial charge in [-0.05, 0) is 6.16 Å². The fourth-order valence-corrected chi connectivity index (χ4v) is 0.474. The number of allylic oxidation sites excluding steroid dienone is 1. The Bertz CT molecular complexity index is 110. The molecule has 0 aromatic heterocycles. The van der Waals surface area contributed by atoms with E-state index < -0.39 is 13.8 Å². The van der Waals surface area contributed by atoms with E-state index >= 15 is 0 Å². The molecular weight excluding hydrogens is 561 g/mol. The van der Waals surface area contributed by atoms with Gasteiger partial charge in [-0.2, -0.15) is 0 Å². The molecule has 9 heavy (non-hydrogen) atoms. The van der Waals surface area contributed by atoms with E-state index in [4.69, 9.17) is 0 Å². The second kappa shape index (κ2) is 9.18. The fraction of sp³-hybridized carbons (Fsp3) is 0.333. The maximum Gasteiger partial charge on any atom is 1.00 e. The van der Waals surface area contributed by atoms with Crippen LogP contribution < -0.4 is 9.79 Å². The van der Waals surface area contributed by atoms with Gasteiger partial charge < -0.3 is 14.4 Å². The summed E-state index contributed by atoms with van der Waals surface area (Å²) in [6, 6.07) is 0. The normalized spacial score (nSPS) is 8.67. The van der Waals surface area contributed by atoms with Crippen LogP contribution in [0.2, 0.25) is 0 Å². The van der Waals surface area contributed by atoms with E-state index in [1.165, 1.54) is 0 Å². The van der Waals surface area contributed by atoms with Crippen molar-refractivity contribution in [3.8, 4) is 0 Å². The molecule has 0 spiro atoms. The second-order valence-electron chi connectivity index (χ2n) is 1.08. The first-order valence-electron chi connectivity index (χ1n) is 1.68. The summed E-state index contributed by atoms with van der Waals surface area (Å²) in [7, 11) is -4.28. The van der Waals surface area contributed by atoms with E-state index in [1.807, 2.05) is 0 Å². The fourth-order valence-electron chi connectivity index (χ4n) is 0.158. The Labute approximate surface area is 137 Å². The second-order valence-corrected chi connectivity index (χ2v) is 2.67. The van der Waals surface area contributed by atoms with E-state index in [9.17, 15) is 14.4 Å². The Morgan fingerprint density at radius 1 is 1.44 bits per heavy atom. The maximum absolute atomic E-state index is 9.63. The monoisotopic (exact) mass is 566 g/mol.